The van der Waals surface area contributed by atoms with Crippen molar-refractivity contribution in [2.45, 2.75) is 46.1 Å². The number of rotatable bonds is 4. The molecule has 0 bridgehead atoms. The van der Waals surface area contributed by atoms with Crippen LogP contribution in [0.25, 0.3) is 11.4 Å². The van der Waals surface area contributed by atoms with Gasteiger partial charge in [-0.05, 0) is 12.5 Å². The lowest BCUT2D eigenvalue weighted by Crippen LogP contribution is -2.17. The Morgan fingerprint density at radius 2 is 2.00 bits per heavy atom. The molecule has 5 nitrogen and oxygen atoms in total. The lowest BCUT2D eigenvalue weighted by molar-refractivity contribution is 0.545. The molecule has 2 aromatic rings. The van der Waals surface area contributed by atoms with Crippen molar-refractivity contribution in [1.82, 2.24) is 19.7 Å². The van der Waals surface area contributed by atoms with Crippen molar-refractivity contribution in [1.29, 1.82) is 0 Å². The van der Waals surface area contributed by atoms with E-state index in [2.05, 4.69) is 43.1 Å². The first kappa shape index (κ1) is 14.5. The normalized spacial score (nSPS) is 11.7. The zero-order chi connectivity index (χ0) is 14.8. The molecular weight excluding hydrogens is 250 g/mol. The molecule has 0 aliphatic heterocycles. The molecule has 0 aliphatic carbocycles. The summed E-state index contributed by atoms with van der Waals surface area (Å²) >= 11 is 0. The van der Waals surface area contributed by atoms with Crippen LogP contribution in [-0.2, 0) is 12.0 Å². The quantitative estimate of drug-likeness (QED) is 0.930. The molecule has 0 saturated heterocycles. The summed E-state index contributed by atoms with van der Waals surface area (Å²) in [6.45, 7) is 9.40. The molecule has 0 saturated carbocycles. The molecule has 0 aromatic carbocycles. The van der Waals surface area contributed by atoms with E-state index < -0.39 is 0 Å². The highest BCUT2D eigenvalue weighted by molar-refractivity contribution is 5.59. The van der Waals surface area contributed by atoms with Crippen LogP contribution >= 0.6 is 0 Å². The molecule has 0 spiro atoms. The Kier molecular flexibility index (Phi) is 4.06. The summed E-state index contributed by atoms with van der Waals surface area (Å²) in [5.41, 5.74) is 1.87. The van der Waals surface area contributed by atoms with E-state index in [9.17, 15) is 0 Å². The Morgan fingerprint density at radius 3 is 2.60 bits per heavy atom. The maximum atomic E-state index is 4.73. The van der Waals surface area contributed by atoms with Crippen molar-refractivity contribution in [2.75, 3.05) is 12.4 Å². The van der Waals surface area contributed by atoms with E-state index in [-0.39, 0.29) is 5.41 Å². The van der Waals surface area contributed by atoms with Gasteiger partial charge < -0.3 is 5.32 Å². The van der Waals surface area contributed by atoms with Crippen LogP contribution in [0, 0.1) is 0 Å². The van der Waals surface area contributed by atoms with Crippen molar-refractivity contribution >= 4 is 5.82 Å². The second-order valence-corrected chi connectivity index (χ2v) is 5.90. The Hall–Kier alpha value is -1.91. The molecule has 0 amide bonds. The highest BCUT2D eigenvalue weighted by atomic mass is 15.3. The second kappa shape index (κ2) is 5.61. The van der Waals surface area contributed by atoms with E-state index in [0.717, 1.165) is 36.0 Å². The minimum atomic E-state index is -0.0861. The molecule has 5 heteroatoms. The lowest BCUT2D eigenvalue weighted by Gasteiger charge is -2.18. The minimum Gasteiger partial charge on any atom is -0.373 e. The van der Waals surface area contributed by atoms with E-state index in [4.69, 9.17) is 4.98 Å². The number of aromatic nitrogens is 4. The summed E-state index contributed by atoms with van der Waals surface area (Å²) in [6.07, 6.45) is 2.87. The van der Waals surface area contributed by atoms with Crippen LogP contribution in [0.4, 0.5) is 5.82 Å². The topological polar surface area (TPSA) is 55.6 Å². The van der Waals surface area contributed by atoms with Crippen LogP contribution < -0.4 is 5.32 Å². The van der Waals surface area contributed by atoms with E-state index in [1.54, 1.807) is 0 Å². The molecule has 0 radical (unpaired) electrons. The van der Waals surface area contributed by atoms with Crippen LogP contribution in [0.1, 0.15) is 39.9 Å². The summed E-state index contributed by atoms with van der Waals surface area (Å²) in [7, 11) is 1.88. The zero-order valence-corrected chi connectivity index (χ0v) is 12.9. The number of nitrogens with zero attached hydrogens (tertiary/aromatic N) is 4. The molecule has 20 heavy (non-hydrogen) atoms. The third-order valence-electron chi connectivity index (χ3n) is 3.07. The smallest absolute Gasteiger partial charge is 0.136 e. The summed E-state index contributed by atoms with van der Waals surface area (Å²) in [6, 6.07) is 3.97. The van der Waals surface area contributed by atoms with Crippen molar-refractivity contribution < 1.29 is 0 Å². The predicted octanol–water partition coefficient (Wildman–Crippen LogP) is 3.09. The maximum Gasteiger partial charge on any atom is 0.136 e. The van der Waals surface area contributed by atoms with Crippen LogP contribution in [0.3, 0.4) is 0 Å². The molecule has 2 aromatic heterocycles. The van der Waals surface area contributed by atoms with Crippen LogP contribution in [0.2, 0.25) is 0 Å². The number of anilines is 1. The van der Waals surface area contributed by atoms with Gasteiger partial charge in [0.05, 0.1) is 11.4 Å². The van der Waals surface area contributed by atoms with Gasteiger partial charge in [-0.2, -0.15) is 5.10 Å². The van der Waals surface area contributed by atoms with Gasteiger partial charge in [0, 0.05) is 31.3 Å². The van der Waals surface area contributed by atoms with Gasteiger partial charge in [-0.15, -0.1) is 0 Å². The molecule has 0 fully saturated rings. The van der Waals surface area contributed by atoms with Crippen molar-refractivity contribution in [3.63, 3.8) is 0 Å². The first-order chi connectivity index (χ1) is 9.45. The Labute approximate surface area is 120 Å². The summed E-state index contributed by atoms with van der Waals surface area (Å²) in [5, 5.41) is 7.48. The molecule has 108 valence electrons. The third kappa shape index (κ3) is 2.98. The van der Waals surface area contributed by atoms with Gasteiger partial charge in [0.2, 0.25) is 0 Å². The van der Waals surface area contributed by atoms with Crippen LogP contribution in [0.15, 0.2) is 18.3 Å². The second-order valence-electron chi connectivity index (χ2n) is 5.90. The zero-order valence-electron chi connectivity index (χ0n) is 12.9. The fraction of sp³-hybridized carbons (Fsp3) is 0.533. The van der Waals surface area contributed by atoms with Crippen molar-refractivity contribution in [2.24, 2.45) is 0 Å². The number of aryl methyl sites for hydroxylation is 1. The predicted molar refractivity (Wildman–Crippen MR) is 81.8 cm³/mol. The summed E-state index contributed by atoms with van der Waals surface area (Å²) < 4.78 is 1.99. The number of hydrogen-bond donors (Lipinski definition) is 1. The van der Waals surface area contributed by atoms with Gasteiger partial charge in [-0.3, -0.25) is 4.68 Å². The van der Waals surface area contributed by atoms with E-state index in [1.807, 2.05) is 30.1 Å². The highest BCUT2D eigenvalue weighted by Gasteiger charge is 2.20. The average molecular weight is 273 g/mol. The number of hydrogen-bond acceptors (Lipinski definition) is 4. The van der Waals surface area contributed by atoms with E-state index in [0.29, 0.717) is 0 Å². The van der Waals surface area contributed by atoms with Gasteiger partial charge in [0.1, 0.15) is 11.6 Å². The van der Waals surface area contributed by atoms with Gasteiger partial charge >= 0.3 is 0 Å². The SMILES string of the molecule is CCCn1nccc1-c1cc(NC)nc(C(C)(C)C)n1. The van der Waals surface area contributed by atoms with Gasteiger partial charge in [-0.25, -0.2) is 9.97 Å². The van der Waals surface area contributed by atoms with Gasteiger partial charge in [0.15, 0.2) is 0 Å². The molecule has 2 rings (SSSR count). The van der Waals surface area contributed by atoms with E-state index in [1.165, 1.54) is 0 Å². The summed E-state index contributed by atoms with van der Waals surface area (Å²) in [4.78, 5) is 9.28. The van der Waals surface area contributed by atoms with E-state index >= 15 is 0 Å². The number of nitrogens with one attached hydrogen (secondary N) is 1. The molecule has 0 atom stereocenters. The maximum absolute atomic E-state index is 4.73. The Balaban J connectivity index is 2.53. The first-order valence-electron chi connectivity index (χ1n) is 7.05. The third-order valence-corrected chi connectivity index (χ3v) is 3.07. The highest BCUT2D eigenvalue weighted by Crippen LogP contribution is 2.25. The minimum absolute atomic E-state index is 0.0861. The van der Waals surface area contributed by atoms with Crippen LogP contribution in [0.5, 0.6) is 0 Å². The largest absolute Gasteiger partial charge is 0.373 e. The van der Waals surface area contributed by atoms with Crippen molar-refractivity contribution in [3.8, 4) is 11.4 Å². The monoisotopic (exact) mass is 273 g/mol. The molecule has 2 heterocycles. The Bertz CT molecular complexity index is 580. The van der Waals surface area contributed by atoms with Crippen LogP contribution in [-0.4, -0.2) is 26.8 Å². The first-order valence-corrected chi connectivity index (χ1v) is 7.05. The molecule has 0 aliphatic rings. The fourth-order valence-electron chi connectivity index (χ4n) is 1.98. The lowest BCUT2D eigenvalue weighted by atomic mass is 9.95. The standard InChI is InChI=1S/C15H23N5/c1-6-9-20-12(7-8-17-20)11-10-13(16-5)19-14(18-11)15(2,3)4/h7-8,10H,6,9H2,1-5H3,(H,16,18,19). The van der Waals surface area contributed by atoms with Crippen molar-refractivity contribution in [3.05, 3.63) is 24.2 Å². The summed E-state index contributed by atoms with van der Waals surface area (Å²) in [5.74, 6) is 1.67. The van der Waals surface area contributed by atoms with Gasteiger partial charge in [-0.1, -0.05) is 27.7 Å². The molecular formula is C15H23N5. The fourth-order valence-corrected chi connectivity index (χ4v) is 1.98. The molecule has 0 unspecified atom stereocenters. The van der Waals surface area contributed by atoms with Gasteiger partial charge in [0.25, 0.3) is 0 Å². The molecule has 1 N–H and O–H groups in total. The Morgan fingerprint density at radius 1 is 1.25 bits per heavy atom. The average Bonchev–Trinajstić information content (AvgIpc) is 2.86.